The minimum absolute atomic E-state index is 0.131. The lowest BCUT2D eigenvalue weighted by molar-refractivity contribution is 0.507. The van der Waals surface area contributed by atoms with Crippen molar-refractivity contribution in [1.82, 2.24) is 0 Å². The summed E-state index contributed by atoms with van der Waals surface area (Å²) in [7, 11) is 0. The maximum atomic E-state index is 12.9. The van der Waals surface area contributed by atoms with E-state index in [0.717, 1.165) is 6.07 Å². The van der Waals surface area contributed by atoms with Gasteiger partial charge >= 0.3 is 0 Å². The van der Waals surface area contributed by atoms with Gasteiger partial charge in [0.1, 0.15) is 0 Å². The first-order valence-corrected chi connectivity index (χ1v) is 4.37. The standard InChI is InChI=1S/C9H10ClF2N/c10-8-6(2-1-5-13)3-4-7(11)9(8)12/h3-4H,1-2,5,13H2. The molecular weight excluding hydrogens is 196 g/mol. The van der Waals surface area contributed by atoms with Crippen LogP contribution in [0, 0.1) is 11.6 Å². The van der Waals surface area contributed by atoms with Gasteiger partial charge in [0.05, 0.1) is 5.02 Å². The van der Waals surface area contributed by atoms with E-state index in [-0.39, 0.29) is 5.02 Å². The first-order chi connectivity index (χ1) is 6.16. The van der Waals surface area contributed by atoms with Crippen LogP contribution in [0.1, 0.15) is 12.0 Å². The molecule has 0 aliphatic heterocycles. The number of hydrogen-bond donors (Lipinski definition) is 1. The second-order valence-corrected chi connectivity index (χ2v) is 3.10. The summed E-state index contributed by atoms with van der Waals surface area (Å²) in [6.45, 7) is 0.509. The molecular formula is C9H10ClF2N. The van der Waals surface area contributed by atoms with Gasteiger partial charge in [-0.05, 0) is 31.0 Å². The highest BCUT2D eigenvalue weighted by Gasteiger charge is 2.10. The van der Waals surface area contributed by atoms with Crippen LogP contribution in [0.4, 0.5) is 8.78 Å². The first kappa shape index (κ1) is 10.4. The van der Waals surface area contributed by atoms with E-state index in [2.05, 4.69) is 0 Å². The Hall–Kier alpha value is -0.670. The van der Waals surface area contributed by atoms with Gasteiger partial charge in [-0.2, -0.15) is 0 Å². The maximum Gasteiger partial charge on any atom is 0.177 e. The van der Waals surface area contributed by atoms with Crippen molar-refractivity contribution in [3.8, 4) is 0 Å². The Kier molecular flexibility index (Phi) is 3.63. The maximum absolute atomic E-state index is 12.9. The average Bonchev–Trinajstić information content (AvgIpc) is 2.13. The Labute approximate surface area is 80.5 Å². The van der Waals surface area contributed by atoms with Crippen molar-refractivity contribution in [2.45, 2.75) is 12.8 Å². The number of nitrogens with two attached hydrogens (primary N) is 1. The second-order valence-electron chi connectivity index (χ2n) is 2.73. The van der Waals surface area contributed by atoms with E-state index in [1.165, 1.54) is 6.07 Å². The van der Waals surface area contributed by atoms with Crippen LogP contribution in [0.2, 0.25) is 5.02 Å². The van der Waals surface area contributed by atoms with Crippen LogP contribution in [0.3, 0.4) is 0 Å². The van der Waals surface area contributed by atoms with Crippen LogP contribution in [0.5, 0.6) is 0 Å². The summed E-state index contributed by atoms with van der Waals surface area (Å²) in [6, 6.07) is 2.56. The van der Waals surface area contributed by atoms with Crippen LogP contribution < -0.4 is 5.73 Å². The van der Waals surface area contributed by atoms with Gasteiger partial charge in [0, 0.05) is 0 Å². The summed E-state index contributed by atoms with van der Waals surface area (Å²) >= 11 is 5.58. The largest absolute Gasteiger partial charge is 0.330 e. The lowest BCUT2D eigenvalue weighted by Gasteiger charge is -2.04. The third-order valence-corrected chi connectivity index (χ3v) is 2.17. The van der Waals surface area contributed by atoms with Gasteiger partial charge < -0.3 is 5.73 Å². The molecule has 1 nitrogen and oxygen atoms in total. The van der Waals surface area contributed by atoms with Crippen molar-refractivity contribution in [2.24, 2.45) is 5.73 Å². The molecule has 0 bridgehead atoms. The highest BCUT2D eigenvalue weighted by atomic mass is 35.5. The summed E-state index contributed by atoms with van der Waals surface area (Å²) in [5, 5.41) is -0.131. The van der Waals surface area contributed by atoms with E-state index in [0.29, 0.717) is 24.9 Å². The van der Waals surface area contributed by atoms with Crippen molar-refractivity contribution in [1.29, 1.82) is 0 Å². The molecule has 0 aliphatic rings. The van der Waals surface area contributed by atoms with Crippen LogP contribution in [-0.2, 0) is 6.42 Å². The number of hydrogen-bond acceptors (Lipinski definition) is 1. The van der Waals surface area contributed by atoms with E-state index < -0.39 is 11.6 Å². The van der Waals surface area contributed by atoms with Gasteiger partial charge in [-0.1, -0.05) is 17.7 Å². The molecule has 72 valence electrons. The lowest BCUT2D eigenvalue weighted by Crippen LogP contribution is -2.01. The summed E-state index contributed by atoms with van der Waals surface area (Å²) in [5.74, 6) is -1.89. The summed E-state index contributed by atoms with van der Waals surface area (Å²) < 4.78 is 25.5. The topological polar surface area (TPSA) is 26.0 Å². The molecule has 0 aromatic heterocycles. The summed E-state index contributed by atoms with van der Waals surface area (Å²) in [4.78, 5) is 0. The molecule has 0 aliphatic carbocycles. The number of halogens is 3. The fourth-order valence-corrected chi connectivity index (χ4v) is 1.30. The minimum atomic E-state index is -0.976. The molecule has 0 fully saturated rings. The molecule has 1 rings (SSSR count). The highest BCUT2D eigenvalue weighted by Crippen LogP contribution is 2.23. The number of rotatable bonds is 3. The predicted molar refractivity (Wildman–Crippen MR) is 48.7 cm³/mol. The van der Waals surface area contributed by atoms with Crippen molar-refractivity contribution in [2.75, 3.05) is 6.54 Å². The molecule has 2 N–H and O–H groups in total. The molecule has 0 saturated carbocycles. The molecule has 0 atom stereocenters. The van der Waals surface area contributed by atoms with Gasteiger partial charge in [0.2, 0.25) is 0 Å². The van der Waals surface area contributed by atoms with Crippen LogP contribution in [0.15, 0.2) is 12.1 Å². The third-order valence-electron chi connectivity index (χ3n) is 1.77. The second kappa shape index (κ2) is 4.53. The normalized spacial score (nSPS) is 10.5. The Balaban J connectivity index is 2.90. The fourth-order valence-electron chi connectivity index (χ4n) is 1.05. The van der Waals surface area contributed by atoms with Crippen molar-refractivity contribution >= 4 is 11.6 Å². The van der Waals surface area contributed by atoms with Crippen LogP contribution >= 0.6 is 11.6 Å². The predicted octanol–water partition coefficient (Wildman–Crippen LogP) is 2.51. The molecule has 13 heavy (non-hydrogen) atoms. The van der Waals surface area contributed by atoms with Crippen LogP contribution in [-0.4, -0.2) is 6.54 Å². The molecule has 0 radical (unpaired) electrons. The molecule has 0 spiro atoms. The summed E-state index contributed by atoms with van der Waals surface area (Å²) in [5.41, 5.74) is 5.89. The van der Waals surface area contributed by atoms with E-state index in [4.69, 9.17) is 17.3 Å². The van der Waals surface area contributed by atoms with E-state index in [1.54, 1.807) is 0 Å². The molecule has 0 saturated heterocycles. The van der Waals surface area contributed by atoms with E-state index >= 15 is 0 Å². The zero-order chi connectivity index (χ0) is 9.84. The SMILES string of the molecule is NCCCc1ccc(F)c(F)c1Cl. The average molecular weight is 206 g/mol. The van der Waals surface area contributed by atoms with Gasteiger partial charge in [-0.25, -0.2) is 8.78 Å². The minimum Gasteiger partial charge on any atom is -0.330 e. The zero-order valence-corrected chi connectivity index (χ0v) is 7.74. The Morgan fingerprint density at radius 3 is 2.62 bits per heavy atom. The van der Waals surface area contributed by atoms with Gasteiger partial charge in [0.15, 0.2) is 11.6 Å². The zero-order valence-electron chi connectivity index (χ0n) is 6.99. The van der Waals surface area contributed by atoms with Crippen molar-refractivity contribution in [3.63, 3.8) is 0 Å². The number of benzene rings is 1. The summed E-state index contributed by atoms with van der Waals surface area (Å²) in [6.07, 6.45) is 1.29. The molecule has 1 aromatic carbocycles. The van der Waals surface area contributed by atoms with Crippen molar-refractivity contribution < 1.29 is 8.78 Å². The van der Waals surface area contributed by atoms with Crippen LogP contribution in [0.25, 0.3) is 0 Å². The highest BCUT2D eigenvalue weighted by molar-refractivity contribution is 6.31. The third kappa shape index (κ3) is 2.39. The van der Waals surface area contributed by atoms with Gasteiger partial charge in [-0.15, -0.1) is 0 Å². The molecule has 4 heteroatoms. The first-order valence-electron chi connectivity index (χ1n) is 3.99. The van der Waals surface area contributed by atoms with Crippen molar-refractivity contribution in [3.05, 3.63) is 34.4 Å². The molecule has 0 heterocycles. The monoisotopic (exact) mass is 205 g/mol. The van der Waals surface area contributed by atoms with Gasteiger partial charge in [-0.3, -0.25) is 0 Å². The molecule has 0 unspecified atom stereocenters. The smallest absolute Gasteiger partial charge is 0.177 e. The Bertz CT molecular complexity index is 302. The Morgan fingerprint density at radius 2 is 2.00 bits per heavy atom. The van der Waals surface area contributed by atoms with Gasteiger partial charge in [0.25, 0.3) is 0 Å². The fraction of sp³-hybridized carbons (Fsp3) is 0.333. The molecule has 0 amide bonds. The molecule has 1 aromatic rings. The lowest BCUT2D eigenvalue weighted by atomic mass is 10.1. The van der Waals surface area contributed by atoms with E-state index in [1.807, 2.05) is 0 Å². The number of aryl methyl sites for hydroxylation is 1. The quantitative estimate of drug-likeness (QED) is 0.754. The van der Waals surface area contributed by atoms with E-state index in [9.17, 15) is 8.78 Å². The Morgan fingerprint density at radius 1 is 1.31 bits per heavy atom.